The zero-order valence-electron chi connectivity index (χ0n) is 13.0. The van der Waals surface area contributed by atoms with E-state index in [1.807, 2.05) is 30.5 Å². The molecule has 0 fully saturated rings. The molecule has 0 amide bonds. The van der Waals surface area contributed by atoms with Crippen molar-refractivity contribution in [1.29, 1.82) is 0 Å². The first-order valence-corrected chi connectivity index (χ1v) is 7.53. The second-order valence-corrected chi connectivity index (χ2v) is 4.75. The molecule has 0 aliphatic rings. The second-order valence-electron chi connectivity index (χ2n) is 4.75. The molecule has 0 unspecified atom stereocenters. The van der Waals surface area contributed by atoms with Crippen molar-refractivity contribution in [2.75, 3.05) is 23.3 Å². The molecule has 2 aromatic heterocycles. The molecular formula is C16H23N5. The highest BCUT2D eigenvalue weighted by Gasteiger charge is 2.11. The molecule has 0 aliphatic carbocycles. The van der Waals surface area contributed by atoms with Crippen molar-refractivity contribution in [2.24, 2.45) is 0 Å². The number of hydrogen-bond donors (Lipinski definition) is 1. The van der Waals surface area contributed by atoms with Crippen LogP contribution in [0, 0.1) is 0 Å². The van der Waals surface area contributed by atoms with Crippen LogP contribution in [0.3, 0.4) is 0 Å². The van der Waals surface area contributed by atoms with E-state index in [0.29, 0.717) is 0 Å². The van der Waals surface area contributed by atoms with Gasteiger partial charge in [0.1, 0.15) is 17.5 Å². The highest BCUT2D eigenvalue weighted by Crippen LogP contribution is 2.18. The van der Waals surface area contributed by atoms with Crippen LogP contribution < -0.4 is 10.2 Å². The van der Waals surface area contributed by atoms with Gasteiger partial charge >= 0.3 is 0 Å². The summed E-state index contributed by atoms with van der Waals surface area (Å²) in [7, 11) is 0. The Kier molecular flexibility index (Phi) is 5.49. The predicted molar refractivity (Wildman–Crippen MR) is 86.5 cm³/mol. The Hall–Kier alpha value is -2.17. The maximum absolute atomic E-state index is 4.65. The SMILES string of the molecule is CCNc1cc(N(CC)Cc2ccccn2)nc(CC)n1. The van der Waals surface area contributed by atoms with E-state index < -0.39 is 0 Å². The van der Waals surface area contributed by atoms with Gasteiger partial charge in [-0.3, -0.25) is 4.98 Å². The summed E-state index contributed by atoms with van der Waals surface area (Å²) in [5.74, 6) is 2.70. The zero-order valence-corrected chi connectivity index (χ0v) is 13.0. The molecule has 2 heterocycles. The lowest BCUT2D eigenvalue weighted by molar-refractivity contribution is 0.780. The Morgan fingerprint density at radius 1 is 1.14 bits per heavy atom. The number of anilines is 2. The number of hydrogen-bond acceptors (Lipinski definition) is 5. The fourth-order valence-electron chi connectivity index (χ4n) is 2.12. The second kappa shape index (κ2) is 7.57. The molecule has 21 heavy (non-hydrogen) atoms. The Labute approximate surface area is 126 Å². The minimum Gasteiger partial charge on any atom is -0.370 e. The third kappa shape index (κ3) is 4.15. The topological polar surface area (TPSA) is 53.9 Å². The molecule has 2 aromatic rings. The van der Waals surface area contributed by atoms with Crippen molar-refractivity contribution in [1.82, 2.24) is 15.0 Å². The van der Waals surface area contributed by atoms with Gasteiger partial charge in [0.15, 0.2) is 0 Å². The Balaban J connectivity index is 2.26. The van der Waals surface area contributed by atoms with Gasteiger partial charge in [-0.05, 0) is 26.0 Å². The van der Waals surface area contributed by atoms with Crippen LogP contribution in [-0.4, -0.2) is 28.0 Å². The van der Waals surface area contributed by atoms with Gasteiger partial charge in [0, 0.05) is 31.8 Å². The standard InChI is InChI=1S/C16H23N5/c1-4-14-19-15(17-5-2)11-16(20-14)21(6-3)12-13-9-7-8-10-18-13/h7-11H,4-6,12H2,1-3H3,(H,17,19,20). The summed E-state index contributed by atoms with van der Waals surface area (Å²) in [6.45, 7) is 8.75. The van der Waals surface area contributed by atoms with Gasteiger partial charge in [-0.2, -0.15) is 0 Å². The van der Waals surface area contributed by atoms with E-state index in [2.05, 4.69) is 45.9 Å². The minimum absolute atomic E-state index is 0.753. The fraction of sp³-hybridized carbons (Fsp3) is 0.438. The van der Waals surface area contributed by atoms with E-state index in [-0.39, 0.29) is 0 Å². The molecule has 0 aromatic carbocycles. The van der Waals surface area contributed by atoms with E-state index in [1.165, 1.54) is 0 Å². The van der Waals surface area contributed by atoms with Crippen molar-refractivity contribution in [3.8, 4) is 0 Å². The van der Waals surface area contributed by atoms with E-state index in [9.17, 15) is 0 Å². The van der Waals surface area contributed by atoms with Crippen molar-refractivity contribution in [3.63, 3.8) is 0 Å². The lowest BCUT2D eigenvalue weighted by Crippen LogP contribution is -2.24. The van der Waals surface area contributed by atoms with Crippen LogP contribution in [0.25, 0.3) is 0 Å². The van der Waals surface area contributed by atoms with E-state index in [1.54, 1.807) is 0 Å². The van der Waals surface area contributed by atoms with Gasteiger partial charge in [-0.15, -0.1) is 0 Å². The van der Waals surface area contributed by atoms with Crippen molar-refractivity contribution < 1.29 is 0 Å². The van der Waals surface area contributed by atoms with Crippen LogP contribution in [0.1, 0.15) is 32.3 Å². The lowest BCUT2D eigenvalue weighted by atomic mass is 10.3. The van der Waals surface area contributed by atoms with Crippen molar-refractivity contribution >= 4 is 11.6 Å². The van der Waals surface area contributed by atoms with Crippen LogP contribution >= 0.6 is 0 Å². The van der Waals surface area contributed by atoms with E-state index >= 15 is 0 Å². The first kappa shape index (κ1) is 15.2. The molecule has 0 atom stereocenters. The predicted octanol–water partition coefficient (Wildman–Crippen LogP) is 2.89. The summed E-state index contributed by atoms with van der Waals surface area (Å²) < 4.78 is 0. The highest BCUT2D eigenvalue weighted by atomic mass is 15.2. The molecule has 0 spiro atoms. The molecule has 0 saturated carbocycles. The Morgan fingerprint density at radius 3 is 2.62 bits per heavy atom. The average molecular weight is 285 g/mol. The molecule has 0 bridgehead atoms. The van der Waals surface area contributed by atoms with Crippen LogP contribution in [0.15, 0.2) is 30.5 Å². The van der Waals surface area contributed by atoms with Crippen molar-refractivity contribution in [2.45, 2.75) is 33.7 Å². The summed E-state index contributed by atoms with van der Waals surface area (Å²) >= 11 is 0. The number of nitrogens with zero attached hydrogens (tertiary/aromatic N) is 4. The number of aryl methyl sites for hydroxylation is 1. The number of pyridine rings is 1. The summed E-state index contributed by atoms with van der Waals surface area (Å²) in [5, 5.41) is 3.27. The third-order valence-corrected chi connectivity index (χ3v) is 3.22. The molecule has 0 saturated heterocycles. The molecule has 2 rings (SSSR count). The van der Waals surface area contributed by atoms with Gasteiger partial charge in [0.25, 0.3) is 0 Å². The molecule has 5 nitrogen and oxygen atoms in total. The largest absolute Gasteiger partial charge is 0.370 e. The van der Waals surface area contributed by atoms with Crippen molar-refractivity contribution in [3.05, 3.63) is 42.0 Å². The minimum atomic E-state index is 0.753. The first-order valence-electron chi connectivity index (χ1n) is 7.53. The molecule has 5 heteroatoms. The smallest absolute Gasteiger partial charge is 0.134 e. The lowest BCUT2D eigenvalue weighted by Gasteiger charge is -2.22. The summed E-state index contributed by atoms with van der Waals surface area (Å²) in [5.41, 5.74) is 1.04. The van der Waals surface area contributed by atoms with Gasteiger partial charge < -0.3 is 10.2 Å². The van der Waals surface area contributed by atoms with Crippen LogP contribution in [-0.2, 0) is 13.0 Å². The van der Waals surface area contributed by atoms with Crippen LogP contribution in [0.2, 0.25) is 0 Å². The van der Waals surface area contributed by atoms with Crippen LogP contribution in [0.4, 0.5) is 11.6 Å². The molecule has 0 radical (unpaired) electrons. The molecule has 112 valence electrons. The summed E-state index contributed by atoms with van der Waals surface area (Å²) in [4.78, 5) is 15.8. The summed E-state index contributed by atoms with van der Waals surface area (Å²) in [6, 6.07) is 7.99. The normalized spacial score (nSPS) is 10.4. The van der Waals surface area contributed by atoms with Crippen LogP contribution in [0.5, 0.6) is 0 Å². The number of nitrogens with one attached hydrogen (secondary N) is 1. The Morgan fingerprint density at radius 2 is 2.00 bits per heavy atom. The third-order valence-electron chi connectivity index (χ3n) is 3.22. The Bertz CT molecular complexity index is 556. The molecule has 0 aliphatic heterocycles. The first-order chi connectivity index (χ1) is 10.3. The number of aromatic nitrogens is 3. The van der Waals surface area contributed by atoms with Gasteiger partial charge in [-0.1, -0.05) is 13.0 Å². The summed E-state index contributed by atoms with van der Waals surface area (Å²) in [6.07, 6.45) is 2.65. The maximum Gasteiger partial charge on any atom is 0.134 e. The quantitative estimate of drug-likeness (QED) is 0.847. The van der Waals surface area contributed by atoms with Gasteiger partial charge in [0.2, 0.25) is 0 Å². The average Bonchev–Trinajstić information content (AvgIpc) is 2.53. The van der Waals surface area contributed by atoms with E-state index in [4.69, 9.17) is 0 Å². The monoisotopic (exact) mass is 285 g/mol. The zero-order chi connectivity index (χ0) is 15.1. The van der Waals surface area contributed by atoms with Gasteiger partial charge in [-0.25, -0.2) is 9.97 Å². The van der Waals surface area contributed by atoms with Gasteiger partial charge in [0.05, 0.1) is 12.2 Å². The maximum atomic E-state index is 4.65. The van der Waals surface area contributed by atoms with E-state index in [0.717, 1.165) is 49.2 Å². The molecular weight excluding hydrogens is 262 g/mol. The number of rotatable bonds is 7. The highest BCUT2D eigenvalue weighted by molar-refractivity contribution is 5.49. The molecule has 1 N–H and O–H groups in total. The fourth-order valence-corrected chi connectivity index (χ4v) is 2.12.